The third kappa shape index (κ3) is 6.39. The summed E-state index contributed by atoms with van der Waals surface area (Å²) in [6.07, 6.45) is -3.72. The number of alkyl halides is 3. The highest BCUT2D eigenvalue weighted by Crippen LogP contribution is 2.28. The normalized spacial score (nSPS) is 27.7. The summed E-state index contributed by atoms with van der Waals surface area (Å²) in [7, 11) is 0. The summed E-state index contributed by atoms with van der Waals surface area (Å²) in [4.78, 5) is 24.6. The molecule has 1 aliphatic rings. The van der Waals surface area contributed by atoms with Crippen LogP contribution in [0.4, 0.5) is 4.79 Å². The molecule has 5 unspecified atom stereocenters. The largest absolute Gasteiger partial charge is 0.454 e. The fraction of sp³-hybridized carbons (Fsp3) is 0.556. The summed E-state index contributed by atoms with van der Waals surface area (Å²) in [5.74, 6) is -0.630. The molecular weight excluding hydrogens is 433 g/mol. The van der Waals surface area contributed by atoms with Crippen LogP contribution in [0.5, 0.6) is 0 Å². The molecule has 156 valence electrons. The van der Waals surface area contributed by atoms with Crippen molar-refractivity contribution >= 4 is 46.9 Å². The van der Waals surface area contributed by atoms with Gasteiger partial charge in [0.25, 0.3) is 0 Å². The van der Waals surface area contributed by atoms with Crippen LogP contribution >= 0.6 is 34.8 Å². The van der Waals surface area contributed by atoms with Gasteiger partial charge < -0.3 is 24.6 Å². The number of carbonyl (C=O) groups is 2. The van der Waals surface area contributed by atoms with Crippen molar-refractivity contribution in [2.24, 2.45) is 0 Å². The van der Waals surface area contributed by atoms with E-state index in [4.69, 9.17) is 49.0 Å². The molecule has 1 fully saturated rings. The number of hydrogen-bond donors (Lipinski definition) is 2. The molecular formula is C18H22Cl3NO6. The Morgan fingerprint density at radius 2 is 1.89 bits per heavy atom. The maximum atomic E-state index is 12.5. The number of benzene rings is 1. The topological polar surface area (TPSA) is 94.1 Å². The Hall–Kier alpha value is -1.25. The van der Waals surface area contributed by atoms with Gasteiger partial charge in [-0.3, -0.25) is 0 Å². The summed E-state index contributed by atoms with van der Waals surface area (Å²) < 4.78 is 14.4. The predicted molar refractivity (Wildman–Crippen MR) is 105 cm³/mol. The molecule has 0 radical (unpaired) electrons. The second-order valence-electron chi connectivity index (χ2n) is 6.38. The molecule has 5 atom stereocenters. The van der Waals surface area contributed by atoms with Crippen LogP contribution in [0.15, 0.2) is 30.3 Å². The third-order valence-electron chi connectivity index (χ3n) is 4.27. The Morgan fingerprint density at radius 3 is 2.46 bits per heavy atom. The van der Waals surface area contributed by atoms with E-state index in [1.807, 2.05) is 6.92 Å². The molecule has 1 aromatic rings. The predicted octanol–water partition coefficient (Wildman–Crippen LogP) is 3.24. The van der Waals surface area contributed by atoms with Gasteiger partial charge in [-0.2, -0.15) is 0 Å². The number of aliphatic hydroxyl groups excluding tert-OH is 1. The second kappa shape index (κ2) is 9.98. The first kappa shape index (κ1) is 23.0. The second-order valence-corrected chi connectivity index (χ2v) is 8.89. The molecule has 0 spiro atoms. The van der Waals surface area contributed by atoms with Crippen molar-refractivity contribution in [1.29, 1.82) is 0 Å². The van der Waals surface area contributed by atoms with Gasteiger partial charge in [0.05, 0.1) is 23.8 Å². The van der Waals surface area contributed by atoms with Crippen LogP contribution in [-0.2, 0) is 14.2 Å². The van der Waals surface area contributed by atoms with Crippen molar-refractivity contribution in [2.45, 2.75) is 54.5 Å². The molecule has 7 nitrogen and oxygen atoms in total. The summed E-state index contributed by atoms with van der Waals surface area (Å²) in [5.41, 5.74) is 0.319. The molecule has 1 saturated heterocycles. The lowest BCUT2D eigenvalue weighted by Crippen LogP contribution is -2.63. The molecule has 1 amide bonds. The Kier molecular flexibility index (Phi) is 8.21. The van der Waals surface area contributed by atoms with Crippen molar-refractivity contribution in [1.82, 2.24) is 5.32 Å². The Morgan fingerprint density at radius 1 is 1.25 bits per heavy atom. The molecule has 0 bridgehead atoms. The van der Waals surface area contributed by atoms with Gasteiger partial charge >= 0.3 is 12.1 Å². The number of alkyl carbamates (subject to hydrolysis) is 1. The number of halogens is 3. The van der Waals surface area contributed by atoms with Crippen molar-refractivity contribution in [2.75, 3.05) is 6.61 Å². The lowest BCUT2D eigenvalue weighted by molar-refractivity contribution is -0.179. The number of aliphatic hydroxyl groups is 1. The number of carbonyl (C=O) groups excluding carboxylic acids is 2. The molecule has 2 rings (SSSR count). The highest BCUT2D eigenvalue weighted by atomic mass is 35.6. The quantitative estimate of drug-likeness (QED) is 0.524. The highest BCUT2D eigenvalue weighted by molar-refractivity contribution is 6.67. The minimum atomic E-state index is -1.77. The van der Waals surface area contributed by atoms with Gasteiger partial charge in [0, 0.05) is 0 Å². The van der Waals surface area contributed by atoms with Crippen LogP contribution in [0, 0.1) is 0 Å². The van der Waals surface area contributed by atoms with Crippen molar-refractivity contribution in [3.05, 3.63) is 35.9 Å². The molecule has 2 N–H and O–H groups in total. The van der Waals surface area contributed by atoms with Gasteiger partial charge in [-0.25, -0.2) is 9.59 Å². The first-order valence-electron chi connectivity index (χ1n) is 8.72. The van der Waals surface area contributed by atoms with Gasteiger partial charge in [-0.1, -0.05) is 59.9 Å². The summed E-state index contributed by atoms with van der Waals surface area (Å²) in [6.45, 7) is 3.05. The van der Waals surface area contributed by atoms with E-state index in [0.717, 1.165) is 0 Å². The van der Waals surface area contributed by atoms with Crippen LogP contribution in [0.25, 0.3) is 0 Å². The standard InChI is InChI=1S/C18H22Cl3NO6/c1-3-12-14(23)15(28-16(24)11-7-5-4-6-8-11)13(10(2)27-12)22-17(25)26-9-18(19,20)21/h4-8,10,12-15,23H,3,9H2,1-2H3,(H,22,25). The molecule has 10 heteroatoms. The van der Waals surface area contributed by atoms with Gasteiger partial charge in [-0.05, 0) is 25.5 Å². The number of amides is 1. The maximum absolute atomic E-state index is 12.5. The van der Waals surface area contributed by atoms with E-state index in [9.17, 15) is 14.7 Å². The summed E-state index contributed by atoms with van der Waals surface area (Å²) in [6, 6.07) is 7.46. The molecule has 1 aliphatic heterocycles. The Balaban J connectivity index is 2.14. The van der Waals surface area contributed by atoms with E-state index in [1.165, 1.54) is 0 Å². The molecule has 0 aliphatic carbocycles. The van der Waals surface area contributed by atoms with E-state index >= 15 is 0 Å². The lowest BCUT2D eigenvalue weighted by Gasteiger charge is -2.43. The van der Waals surface area contributed by atoms with E-state index in [1.54, 1.807) is 37.3 Å². The maximum Gasteiger partial charge on any atom is 0.407 e. The third-order valence-corrected chi connectivity index (χ3v) is 4.60. The number of nitrogens with one attached hydrogen (secondary N) is 1. The number of hydrogen-bond acceptors (Lipinski definition) is 6. The van der Waals surface area contributed by atoms with Gasteiger partial charge in [0.1, 0.15) is 12.7 Å². The number of rotatable bonds is 5. The van der Waals surface area contributed by atoms with Gasteiger partial charge in [-0.15, -0.1) is 0 Å². The summed E-state index contributed by atoms with van der Waals surface area (Å²) in [5, 5.41) is 13.2. The Labute approximate surface area is 178 Å². The SMILES string of the molecule is CCC1OC(C)C(NC(=O)OCC(Cl)(Cl)Cl)C(OC(=O)c2ccccc2)C1O. The van der Waals surface area contributed by atoms with E-state index in [0.29, 0.717) is 12.0 Å². The summed E-state index contributed by atoms with van der Waals surface area (Å²) >= 11 is 16.7. The minimum Gasteiger partial charge on any atom is -0.454 e. The first-order chi connectivity index (χ1) is 13.1. The smallest absolute Gasteiger partial charge is 0.407 e. The van der Waals surface area contributed by atoms with E-state index in [2.05, 4.69) is 5.32 Å². The van der Waals surface area contributed by atoms with Gasteiger partial charge in [0.2, 0.25) is 3.79 Å². The number of ether oxygens (including phenoxy) is 3. The zero-order valence-corrected chi connectivity index (χ0v) is 17.6. The van der Waals surface area contributed by atoms with Crippen LogP contribution in [0.2, 0.25) is 0 Å². The first-order valence-corrected chi connectivity index (χ1v) is 9.85. The molecule has 0 saturated carbocycles. The van der Waals surface area contributed by atoms with E-state index < -0.39 is 52.9 Å². The fourth-order valence-corrected chi connectivity index (χ4v) is 3.07. The van der Waals surface area contributed by atoms with Crippen LogP contribution in [0.1, 0.15) is 30.6 Å². The highest BCUT2D eigenvalue weighted by Gasteiger charge is 2.46. The zero-order chi connectivity index (χ0) is 20.9. The van der Waals surface area contributed by atoms with Crippen molar-refractivity contribution in [3.8, 4) is 0 Å². The average molecular weight is 455 g/mol. The van der Waals surface area contributed by atoms with Crippen LogP contribution in [0.3, 0.4) is 0 Å². The molecule has 1 heterocycles. The molecule has 1 aromatic carbocycles. The van der Waals surface area contributed by atoms with E-state index in [-0.39, 0.29) is 0 Å². The zero-order valence-electron chi connectivity index (χ0n) is 15.3. The fourth-order valence-electron chi connectivity index (χ4n) is 2.90. The number of esters is 1. The molecule has 0 aromatic heterocycles. The van der Waals surface area contributed by atoms with Crippen LogP contribution in [-0.4, -0.2) is 58.0 Å². The van der Waals surface area contributed by atoms with Gasteiger partial charge in [0.15, 0.2) is 6.10 Å². The molecule has 28 heavy (non-hydrogen) atoms. The van der Waals surface area contributed by atoms with Crippen molar-refractivity contribution in [3.63, 3.8) is 0 Å². The van der Waals surface area contributed by atoms with Crippen LogP contribution < -0.4 is 5.32 Å². The Bertz CT molecular complexity index is 669. The van der Waals surface area contributed by atoms with Crippen molar-refractivity contribution < 1.29 is 28.9 Å². The lowest BCUT2D eigenvalue weighted by atomic mass is 9.92. The monoisotopic (exact) mass is 453 g/mol. The average Bonchev–Trinajstić information content (AvgIpc) is 2.65. The minimum absolute atomic E-state index is 0.319.